The number of halogens is 2. The molecule has 0 bridgehead atoms. The van der Waals surface area contributed by atoms with Crippen LogP contribution < -0.4 is 10.9 Å². The number of nitrogens with zero attached hydrogens (tertiary/aromatic N) is 4. The highest BCUT2D eigenvalue weighted by Gasteiger charge is 2.19. The maximum Gasteiger partial charge on any atom is 0.264 e. The van der Waals surface area contributed by atoms with Gasteiger partial charge in [-0.15, -0.1) is 0 Å². The van der Waals surface area contributed by atoms with Gasteiger partial charge in [0.15, 0.2) is 5.65 Å². The van der Waals surface area contributed by atoms with Crippen LogP contribution in [0.15, 0.2) is 35.5 Å². The Labute approximate surface area is 160 Å². The Bertz CT molecular complexity index is 1060. The average molecular weight is 389 g/mol. The molecule has 1 N–H and O–H groups in total. The Morgan fingerprint density at radius 2 is 1.89 bits per heavy atom. The maximum atomic E-state index is 13.6. The van der Waals surface area contributed by atoms with Crippen molar-refractivity contribution in [2.24, 2.45) is 0 Å². The maximum absolute atomic E-state index is 13.6. The minimum absolute atomic E-state index is 0.0312. The fourth-order valence-electron chi connectivity index (χ4n) is 2.80. The Kier molecular flexibility index (Phi) is 5.26. The summed E-state index contributed by atoms with van der Waals surface area (Å²) in [5.74, 6) is -1.87. The number of aromatic nitrogens is 4. The van der Waals surface area contributed by atoms with Crippen LogP contribution in [0.1, 0.15) is 32.8 Å². The largest absolute Gasteiger partial charge is 0.352 e. The van der Waals surface area contributed by atoms with Crippen LogP contribution in [0.25, 0.3) is 11.0 Å². The van der Waals surface area contributed by atoms with Crippen molar-refractivity contribution in [2.75, 3.05) is 0 Å². The highest BCUT2D eigenvalue weighted by atomic mass is 19.1. The number of benzene rings is 1. The summed E-state index contributed by atoms with van der Waals surface area (Å²) >= 11 is 0. The number of carbonyl (C=O) groups is 1. The SMILES string of the molecule is CC(C)(C)n1ncc2c(=O)n(CCC(=O)NCc3c(F)cccc3F)cnc21. The van der Waals surface area contributed by atoms with E-state index in [1.54, 1.807) is 4.68 Å². The summed E-state index contributed by atoms with van der Waals surface area (Å²) < 4.78 is 30.2. The van der Waals surface area contributed by atoms with Crippen molar-refractivity contribution in [3.63, 3.8) is 0 Å². The van der Waals surface area contributed by atoms with Gasteiger partial charge in [0.05, 0.1) is 18.1 Å². The van der Waals surface area contributed by atoms with Gasteiger partial charge in [-0.1, -0.05) is 6.07 Å². The number of hydrogen-bond acceptors (Lipinski definition) is 4. The molecule has 0 aliphatic heterocycles. The molecule has 0 aliphatic carbocycles. The summed E-state index contributed by atoms with van der Waals surface area (Å²) in [4.78, 5) is 28.9. The molecule has 0 aliphatic rings. The van der Waals surface area contributed by atoms with E-state index < -0.39 is 17.5 Å². The van der Waals surface area contributed by atoms with E-state index in [0.717, 1.165) is 12.1 Å². The van der Waals surface area contributed by atoms with Crippen molar-refractivity contribution in [1.29, 1.82) is 0 Å². The summed E-state index contributed by atoms with van der Waals surface area (Å²) in [5, 5.41) is 7.06. The number of rotatable bonds is 5. The van der Waals surface area contributed by atoms with Gasteiger partial charge in [-0.05, 0) is 32.9 Å². The van der Waals surface area contributed by atoms with E-state index in [4.69, 9.17) is 0 Å². The number of aryl methyl sites for hydroxylation is 1. The fraction of sp³-hybridized carbons (Fsp3) is 0.368. The first-order chi connectivity index (χ1) is 13.2. The molecule has 0 atom stereocenters. The lowest BCUT2D eigenvalue weighted by atomic mass is 10.1. The zero-order chi connectivity index (χ0) is 20.5. The topological polar surface area (TPSA) is 81.8 Å². The quantitative estimate of drug-likeness (QED) is 0.726. The van der Waals surface area contributed by atoms with E-state index in [1.807, 2.05) is 20.8 Å². The molecule has 0 spiro atoms. The summed E-state index contributed by atoms with van der Waals surface area (Å²) in [6.45, 7) is 5.69. The van der Waals surface area contributed by atoms with Crippen LogP contribution in [0.4, 0.5) is 8.78 Å². The molecule has 1 amide bonds. The number of nitrogens with one attached hydrogen (secondary N) is 1. The van der Waals surface area contributed by atoms with Crippen molar-refractivity contribution in [3.05, 3.63) is 58.3 Å². The molecule has 1 aromatic carbocycles. The molecule has 9 heteroatoms. The minimum atomic E-state index is -0.720. The van der Waals surface area contributed by atoms with Gasteiger partial charge in [0.2, 0.25) is 5.91 Å². The molecule has 0 saturated heterocycles. The number of amides is 1. The predicted octanol–water partition coefficient (Wildman–Crippen LogP) is 2.33. The Balaban J connectivity index is 1.67. The smallest absolute Gasteiger partial charge is 0.264 e. The molecule has 0 unspecified atom stereocenters. The van der Waals surface area contributed by atoms with Gasteiger partial charge >= 0.3 is 0 Å². The molecule has 0 radical (unpaired) electrons. The van der Waals surface area contributed by atoms with Crippen molar-refractivity contribution >= 4 is 16.9 Å². The standard InChI is InChI=1S/C19H21F2N5O2/c1-19(2,3)26-17-13(10-24-26)18(28)25(11-23-17)8-7-16(27)22-9-12-14(20)5-4-6-15(12)21/h4-6,10-11H,7-9H2,1-3H3,(H,22,27). The zero-order valence-corrected chi connectivity index (χ0v) is 15.9. The average Bonchev–Trinajstić information content (AvgIpc) is 3.06. The van der Waals surface area contributed by atoms with Gasteiger partial charge < -0.3 is 5.32 Å². The third kappa shape index (κ3) is 3.92. The van der Waals surface area contributed by atoms with Gasteiger partial charge in [0.25, 0.3) is 5.56 Å². The molecule has 2 aromatic heterocycles. The zero-order valence-electron chi connectivity index (χ0n) is 15.9. The third-order valence-electron chi connectivity index (χ3n) is 4.29. The van der Waals surface area contributed by atoms with Crippen molar-refractivity contribution in [1.82, 2.24) is 24.6 Å². The highest BCUT2D eigenvalue weighted by Crippen LogP contribution is 2.17. The second-order valence-corrected chi connectivity index (χ2v) is 7.43. The van der Waals surface area contributed by atoms with Crippen LogP contribution in [-0.4, -0.2) is 25.2 Å². The first-order valence-corrected chi connectivity index (χ1v) is 8.81. The van der Waals surface area contributed by atoms with Gasteiger partial charge in [-0.3, -0.25) is 14.2 Å². The Morgan fingerprint density at radius 1 is 1.21 bits per heavy atom. The van der Waals surface area contributed by atoms with E-state index in [1.165, 1.54) is 23.2 Å². The molecule has 3 aromatic rings. The summed E-state index contributed by atoms with van der Waals surface area (Å²) in [7, 11) is 0. The normalized spacial score (nSPS) is 11.8. The number of carbonyl (C=O) groups excluding carboxylic acids is 1. The summed E-state index contributed by atoms with van der Waals surface area (Å²) in [5.41, 5.74) is -0.345. The molecular weight excluding hydrogens is 368 g/mol. The van der Waals surface area contributed by atoms with Gasteiger partial charge in [-0.2, -0.15) is 5.10 Å². The van der Waals surface area contributed by atoms with Crippen molar-refractivity contribution in [2.45, 2.75) is 45.8 Å². The van der Waals surface area contributed by atoms with E-state index >= 15 is 0 Å². The minimum Gasteiger partial charge on any atom is -0.352 e. The lowest BCUT2D eigenvalue weighted by molar-refractivity contribution is -0.121. The monoisotopic (exact) mass is 389 g/mol. The lowest BCUT2D eigenvalue weighted by Crippen LogP contribution is -2.28. The van der Waals surface area contributed by atoms with Gasteiger partial charge in [0.1, 0.15) is 17.0 Å². The van der Waals surface area contributed by atoms with E-state index in [2.05, 4.69) is 15.4 Å². The number of fused-ring (bicyclic) bond motifs is 1. The van der Waals surface area contributed by atoms with E-state index in [0.29, 0.717) is 11.0 Å². The van der Waals surface area contributed by atoms with Crippen LogP contribution in [0, 0.1) is 11.6 Å². The van der Waals surface area contributed by atoms with E-state index in [-0.39, 0.29) is 36.2 Å². The third-order valence-corrected chi connectivity index (χ3v) is 4.29. The van der Waals surface area contributed by atoms with E-state index in [9.17, 15) is 18.4 Å². The molecule has 0 fully saturated rings. The van der Waals surface area contributed by atoms with Crippen LogP contribution in [0.5, 0.6) is 0 Å². The highest BCUT2D eigenvalue weighted by molar-refractivity contribution is 5.76. The van der Waals surface area contributed by atoms with Gasteiger partial charge in [-0.25, -0.2) is 18.4 Å². The van der Waals surface area contributed by atoms with Crippen LogP contribution in [0.3, 0.4) is 0 Å². The van der Waals surface area contributed by atoms with Crippen LogP contribution in [0.2, 0.25) is 0 Å². The van der Waals surface area contributed by atoms with Crippen molar-refractivity contribution in [3.8, 4) is 0 Å². The second-order valence-electron chi connectivity index (χ2n) is 7.43. The molecule has 7 nitrogen and oxygen atoms in total. The van der Waals surface area contributed by atoms with Crippen LogP contribution in [-0.2, 0) is 23.4 Å². The molecule has 2 heterocycles. The van der Waals surface area contributed by atoms with Gasteiger partial charge in [0, 0.05) is 25.1 Å². The molecule has 0 saturated carbocycles. The predicted molar refractivity (Wildman–Crippen MR) is 99.6 cm³/mol. The summed E-state index contributed by atoms with van der Waals surface area (Å²) in [6.07, 6.45) is 2.81. The summed E-state index contributed by atoms with van der Waals surface area (Å²) in [6, 6.07) is 3.51. The molecule has 148 valence electrons. The van der Waals surface area contributed by atoms with Crippen LogP contribution >= 0.6 is 0 Å². The molecule has 28 heavy (non-hydrogen) atoms. The first kappa shape index (κ1) is 19.7. The van der Waals surface area contributed by atoms with Crippen molar-refractivity contribution < 1.29 is 13.6 Å². The Hall–Kier alpha value is -3.10. The fourth-order valence-corrected chi connectivity index (χ4v) is 2.80. The molecule has 3 rings (SSSR count). The molecular formula is C19H21F2N5O2. The Morgan fingerprint density at radius 3 is 2.54 bits per heavy atom. The number of hydrogen-bond donors (Lipinski definition) is 1. The second kappa shape index (κ2) is 7.49. The lowest BCUT2D eigenvalue weighted by Gasteiger charge is -2.19. The first-order valence-electron chi connectivity index (χ1n) is 8.81.